The van der Waals surface area contributed by atoms with Gasteiger partial charge in [-0.05, 0) is 12.8 Å². The first-order valence-electron chi connectivity index (χ1n) is 4.67. The van der Waals surface area contributed by atoms with E-state index in [1.165, 1.54) is 0 Å². The second-order valence-corrected chi connectivity index (χ2v) is 3.69. The van der Waals surface area contributed by atoms with E-state index < -0.39 is 0 Å². The fraction of sp³-hybridized carbons (Fsp3) is 0.556. The van der Waals surface area contributed by atoms with E-state index in [4.69, 9.17) is 16.3 Å². The maximum absolute atomic E-state index is 5.72. The standard InChI is InChI=1S/C9H12ClN3O/c10-9-5-8(6-11-13-9)12-7-1-3-14-4-2-7/h5-7H,1-4H2,(H,12,13). The van der Waals surface area contributed by atoms with Crippen LogP contribution >= 0.6 is 11.6 Å². The van der Waals surface area contributed by atoms with E-state index in [1.54, 1.807) is 12.3 Å². The van der Waals surface area contributed by atoms with Gasteiger partial charge in [0.2, 0.25) is 0 Å². The zero-order valence-corrected chi connectivity index (χ0v) is 8.50. The van der Waals surface area contributed by atoms with Crippen molar-refractivity contribution < 1.29 is 4.74 Å². The number of rotatable bonds is 2. The molecule has 1 aliphatic rings. The highest BCUT2D eigenvalue weighted by atomic mass is 35.5. The number of hydrogen-bond donors (Lipinski definition) is 1. The Kier molecular flexibility index (Phi) is 3.16. The van der Waals surface area contributed by atoms with E-state index in [2.05, 4.69) is 15.5 Å². The minimum absolute atomic E-state index is 0.419. The quantitative estimate of drug-likeness (QED) is 0.813. The van der Waals surface area contributed by atoms with Crippen LogP contribution < -0.4 is 5.32 Å². The van der Waals surface area contributed by atoms with Crippen LogP contribution in [-0.2, 0) is 4.74 Å². The van der Waals surface area contributed by atoms with Gasteiger partial charge in [-0.2, -0.15) is 5.10 Å². The Morgan fingerprint density at radius 2 is 2.21 bits per heavy atom. The molecular weight excluding hydrogens is 202 g/mol. The van der Waals surface area contributed by atoms with E-state index in [1.807, 2.05) is 0 Å². The van der Waals surface area contributed by atoms with Crippen molar-refractivity contribution in [1.82, 2.24) is 10.2 Å². The molecular formula is C9H12ClN3O. The molecule has 0 saturated carbocycles. The molecule has 1 saturated heterocycles. The SMILES string of the molecule is Clc1cc(NC2CCOCC2)cnn1. The molecule has 4 nitrogen and oxygen atoms in total. The van der Waals surface area contributed by atoms with E-state index in [0.29, 0.717) is 11.2 Å². The van der Waals surface area contributed by atoms with Gasteiger partial charge in [-0.1, -0.05) is 11.6 Å². The number of nitrogens with one attached hydrogen (secondary N) is 1. The van der Waals surface area contributed by atoms with E-state index in [0.717, 1.165) is 31.7 Å². The lowest BCUT2D eigenvalue weighted by Crippen LogP contribution is -2.27. The molecule has 1 fully saturated rings. The fourth-order valence-electron chi connectivity index (χ4n) is 1.50. The van der Waals surface area contributed by atoms with Gasteiger partial charge in [0.15, 0.2) is 5.15 Å². The van der Waals surface area contributed by atoms with Crippen molar-refractivity contribution in [3.05, 3.63) is 17.4 Å². The van der Waals surface area contributed by atoms with E-state index >= 15 is 0 Å². The summed E-state index contributed by atoms with van der Waals surface area (Å²) in [5.74, 6) is 0. The van der Waals surface area contributed by atoms with Crippen molar-refractivity contribution in [2.45, 2.75) is 18.9 Å². The van der Waals surface area contributed by atoms with Crippen LogP contribution in [-0.4, -0.2) is 29.5 Å². The van der Waals surface area contributed by atoms with Crippen LogP contribution in [0.2, 0.25) is 5.15 Å². The van der Waals surface area contributed by atoms with Crippen LogP contribution in [0.25, 0.3) is 0 Å². The Labute approximate surface area is 87.6 Å². The summed E-state index contributed by atoms with van der Waals surface area (Å²) in [5, 5.41) is 11.2. The molecule has 1 aliphatic heterocycles. The largest absolute Gasteiger partial charge is 0.381 e. The first kappa shape index (κ1) is 9.68. The number of nitrogens with zero attached hydrogens (tertiary/aromatic N) is 2. The monoisotopic (exact) mass is 213 g/mol. The molecule has 0 aliphatic carbocycles. The predicted molar refractivity (Wildman–Crippen MR) is 54.5 cm³/mol. The molecule has 0 spiro atoms. The third kappa shape index (κ3) is 2.56. The van der Waals surface area contributed by atoms with Crippen LogP contribution in [0.15, 0.2) is 12.3 Å². The predicted octanol–water partition coefficient (Wildman–Crippen LogP) is 1.72. The normalized spacial score (nSPS) is 18.1. The van der Waals surface area contributed by atoms with Crippen LogP contribution in [0.4, 0.5) is 5.69 Å². The second kappa shape index (κ2) is 4.57. The van der Waals surface area contributed by atoms with Gasteiger partial charge in [0.1, 0.15) is 0 Å². The summed E-state index contributed by atoms with van der Waals surface area (Å²) in [4.78, 5) is 0. The van der Waals surface area contributed by atoms with Crippen LogP contribution in [0.1, 0.15) is 12.8 Å². The zero-order chi connectivity index (χ0) is 9.80. The van der Waals surface area contributed by atoms with Crippen molar-refractivity contribution in [2.75, 3.05) is 18.5 Å². The first-order valence-corrected chi connectivity index (χ1v) is 5.05. The van der Waals surface area contributed by atoms with Gasteiger partial charge in [0, 0.05) is 25.3 Å². The molecule has 0 atom stereocenters. The number of hydrogen-bond acceptors (Lipinski definition) is 4. The lowest BCUT2D eigenvalue weighted by Gasteiger charge is -2.23. The van der Waals surface area contributed by atoms with E-state index in [9.17, 15) is 0 Å². The van der Waals surface area contributed by atoms with Crippen LogP contribution in [0.5, 0.6) is 0 Å². The number of ether oxygens (including phenoxy) is 1. The Balaban J connectivity index is 1.95. The summed E-state index contributed by atoms with van der Waals surface area (Å²) >= 11 is 5.72. The maximum Gasteiger partial charge on any atom is 0.153 e. The highest BCUT2D eigenvalue weighted by Gasteiger charge is 2.13. The average molecular weight is 214 g/mol. The molecule has 5 heteroatoms. The molecule has 1 aromatic heterocycles. The molecule has 1 N–H and O–H groups in total. The molecule has 0 amide bonds. The maximum atomic E-state index is 5.72. The molecule has 1 aromatic rings. The summed E-state index contributed by atoms with van der Waals surface area (Å²) < 4.78 is 5.27. The minimum atomic E-state index is 0.419. The third-order valence-corrected chi connectivity index (χ3v) is 2.40. The summed E-state index contributed by atoms with van der Waals surface area (Å²) in [5.41, 5.74) is 0.928. The summed E-state index contributed by atoms with van der Waals surface area (Å²) in [6.07, 6.45) is 3.74. The lowest BCUT2D eigenvalue weighted by molar-refractivity contribution is 0.0904. The van der Waals surface area contributed by atoms with Gasteiger partial charge in [0.25, 0.3) is 0 Å². The van der Waals surface area contributed by atoms with Crippen molar-refractivity contribution in [1.29, 1.82) is 0 Å². The van der Waals surface area contributed by atoms with Crippen molar-refractivity contribution in [2.24, 2.45) is 0 Å². The number of halogens is 1. The molecule has 0 bridgehead atoms. The van der Waals surface area contributed by atoms with Crippen molar-refractivity contribution >= 4 is 17.3 Å². The van der Waals surface area contributed by atoms with Gasteiger partial charge in [-0.25, -0.2) is 0 Å². The fourth-order valence-corrected chi connectivity index (χ4v) is 1.66. The molecule has 0 unspecified atom stereocenters. The molecule has 76 valence electrons. The molecule has 2 heterocycles. The minimum Gasteiger partial charge on any atom is -0.381 e. The van der Waals surface area contributed by atoms with Crippen LogP contribution in [0.3, 0.4) is 0 Å². The Bertz CT molecular complexity index is 302. The Hall–Kier alpha value is -0.870. The smallest absolute Gasteiger partial charge is 0.153 e. The Morgan fingerprint density at radius 1 is 1.43 bits per heavy atom. The third-order valence-electron chi connectivity index (χ3n) is 2.22. The highest BCUT2D eigenvalue weighted by Crippen LogP contribution is 2.15. The molecule has 2 rings (SSSR count). The van der Waals surface area contributed by atoms with Crippen molar-refractivity contribution in [3.63, 3.8) is 0 Å². The van der Waals surface area contributed by atoms with E-state index in [-0.39, 0.29) is 0 Å². The van der Waals surface area contributed by atoms with Gasteiger partial charge in [0.05, 0.1) is 11.9 Å². The highest BCUT2D eigenvalue weighted by molar-refractivity contribution is 6.29. The zero-order valence-electron chi connectivity index (χ0n) is 7.74. The number of aromatic nitrogens is 2. The lowest BCUT2D eigenvalue weighted by atomic mass is 10.1. The molecule has 0 radical (unpaired) electrons. The van der Waals surface area contributed by atoms with Gasteiger partial charge in [-0.15, -0.1) is 5.10 Å². The van der Waals surface area contributed by atoms with Crippen molar-refractivity contribution in [3.8, 4) is 0 Å². The number of anilines is 1. The first-order chi connectivity index (χ1) is 6.84. The van der Waals surface area contributed by atoms with Crippen LogP contribution in [0, 0.1) is 0 Å². The summed E-state index contributed by atoms with van der Waals surface area (Å²) in [6, 6.07) is 2.24. The summed E-state index contributed by atoms with van der Waals surface area (Å²) in [6.45, 7) is 1.65. The van der Waals surface area contributed by atoms with Gasteiger partial charge >= 0.3 is 0 Å². The second-order valence-electron chi connectivity index (χ2n) is 3.30. The van der Waals surface area contributed by atoms with Gasteiger partial charge < -0.3 is 10.1 Å². The molecule has 0 aromatic carbocycles. The average Bonchev–Trinajstić information content (AvgIpc) is 2.19. The van der Waals surface area contributed by atoms with Gasteiger partial charge in [-0.3, -0.25) is 0 Å². The topological polar surface area (TPSA) is 47.0 Å². The Morgan fingerprint density at radius 3 is 2.93 bits per heavy atom. The summed E-state index contributed by atoms with van der Waals surface area (Å²) in [7, 11) is 0. The molecule has 14 heavy (non-hydrogen) atoms.